The molecule has 1 saturated heterocycles. The van der Waals surface area contributed by atoms with Crippen molar-refractivity contribution in [2.45, 2.75) is 57.5 Å². The highest BCUT2D eigenvalue weighted by atomic mass is 16.6. The van der Waals surface area contributed by atoms with Crippen LogP contribution >= 0.6 is 0 Å². The Hall–Kier alpha value is -2.04. The molecule has 3 saturated carbocycles. The fraction of sp³-hybridized carbons (Fsp3) is 0.652. The van der Waals surface area contributed by atoms with Crippen LogP contribution in [0.15, 0.2) is 24.3 Å². The zero-order valence-electron chi connectivity index (χ0n) is 16.5. The molecule has 4 aliphatic rings. The molecule has 4 fully saturated rings. The molecule has 5 heteroatoms. The van der Waals surface area contributed by atoms with Crippen molar-refractivity contribution in [1.29, 1.82) is 0 Å². The van der Waals surface area contributed by atoms with Gasteiger partial charge in [-0.25, -0.2) is 9.59 Å². The number of amides is 1. The lowest BCUT2D eigenvalue weighted by Gasteiger charge is -2.39. The van der Waals surface area contributed by atoms with Gasteiger partial charge in [-0.3, -0.25) is 0 Å². The number of carboxylic acids is 1. The summed E-state index contributed by atoms with van der Waals surface area (Å²) in [5.41, 5.74) is 2.02. The normalized spacial score (nSPS) is 38.6. The maximum Gasteiger partial charge on any atom is 0.410 e. The summed E-state index contributed by atoms with van der Waals surface area (Å²) in [4.78, 5) is 25.8. The summed E-state index contributed by atoms with van der Waals surface area (Å²) in [5, 5.41) is 9.07. The molecule has 5 nitrogen and oxygen atoms in total. The Morgan fingerprint density at radius 2 is 1.96 bits per heavy atom. The van der Waals surface area contributed by atoms with Gasteiger partial charge in [0.2, 0.25) is 0 Å². The lowest BCUT2D eigenvalue weighted by atomic mass is 9.75. The molecule has 1 aliphatic heterocycles. The minimum absolute atomic E-state index is 0.0844. The molecule has 1 aromatic carbocycles. The standard InChI is InChI=1S/C23H29NO4/c1-14-10-23-11-18(9-19(23)12-23)20(14)28-22(27)24-8-2-3-17(13-24)15-4-6-16(7-5-15)21(25)26/h4-7,14,17-20H,2-3,8-13H2,1H3,(H,25,26). The van der Waals surface area contributed by atoms with Gasteiger partial charge in [0, 0.05) is 19.0 Å². The van der Waals surface area contributed by atoms with Crippen LogP contribution in [0.3, 0.4) is 0 Å². The Bertz CT molecular complexity index is 790. The number of carboxylic acid groups (broad SMARTS) is 1. The number of hydrogen-bond acceptors (Lipinski definition) is 3. The Morgan fingerprint density at radius 1 is 1.18 bits per heavy atom. The van der Waals surface area contributed by atoms with E-state index in [9.17, 15) is 9.59 Å². The summed E-state index contributed by atoms with van der Waals surface area (Å²) in [5.74, 6) is 1.27. The van der Waals surface area contributed by atoms with Crippen LogP contribution in [-0.4, -0.2) is 41.3 Å². The first-order chi connectivity index (χ1) is 13.4. The van der Waals surface area contributed by atoms with Gasteiger partial charge in [-0.15, -0.1) is 0 Å². The first kappa shape index (κ1) is 18.0. The van der Waals surface area contributed by atoms with E-state index in [2.05, 4.69) is 6.92 Å². The Balaban J connectivity index is 1.22. The molecule has 1 amide bonds. The van der Waals surface area contributed by atoms with Crippen molar-refractivity contribution in [3.05, 3.63) is 35.4 Å². The van der Waals surface area contributed by atoms with Crippen LogP contribution in [0.5, 0.6) is 0 Å². The van der Waals surface area contributed by atoms with E-state index in [-0.39, 0.29) is 18.1 Å². The van der Waals surface area contributed by atoms with Crippen molar-refractivity contribution < 1.29 is 19.4 Å². The first-order valence-electron chi connectivity index (χ1n) is 10.7. The van der Waals surface area contributed by atoms with Gasteiger partial charge in [0.1, 0.15) is 6.10 Å². The van der Waals surface area contributed by atoms with Crippen molar-refractivity contribution in [3.8, 4) is 0 Å². The van der Waals surface area contributed by atoms with Crippen molar-refractivity contribution in [1.82, 2.24) is 4.90 Å². The van der Waals surface area contributed by atoms with E-state index in [4.69, 9.17) is 9.84 Å². The molecular weight excluding hydrogens is 354 g/mol. The second kappa shape index (κ2) is 6.50. The average Bonchev–Trinajstić information content (AvgIpc) is 3.25. The lowest BCUT2D eigenvalue weighted by Crippen LogP contribution is -2.44. The molecule has 1 spiro atoms. The number of carbonyl (C=O) groups excluding carboxylic acids is 1. The van der Waals surface area contributed by atoms with Gasteiger partial charge in [-0.05, 0) is 79.4 Å². The summed E-state index contributed by atoms with van der Waals surface area (Å²) in [7, 11) is 0. The summed E-state index contributed by atoms with van der Waals surface area (Å²) in [6, 6.07) is 7.08. The third kappa shape index (κ3) is 2.99. The monoisotopic (exact) mass is 383 g/mol. The number of aromatic carboxylic acids is 1. The smallest absolute Gasteiger partial charge is 0.410 e. The molecule has 150 valence electrons. The summed E-state index contributed by atoms with van der Waals surface area (Å²) in [6.07, 6.45) is 7.05. The maximum atomic E-state index is 12.9. The SMILES string of the molecule is CC1CC23CC(CC2C3)C1OC(=O)N1CCCC(c2ccc(C(=O)O)cc2)C1. The number of nitrogens with zero attached hydrogens (tertiary/aromatic N) is 1. The van der Waals surface area contributed by atoms with Gasteiger partial charge in [-0.2, -0.15) is 0 Å². The average molecular weight is 383 g/mol. The van der Waals surface area contributed by atoms with Crippen molar-refractivity contribution in [3.63, 3.8) is 0 Å². The lowest BCUT2D eigenvalue weighted by molar-refractivity contribution is -0.0222. The van der Waals surface area contributed by atoms with Gasteiger partial charge in [0.05, 0.1) is 5.56 Å². The molecule has 0 aromatic heterocycles. The molecule has 6 atom stereocenters. The van der Waals surface area contributed by atoms with Gasteiger partial charge >= 0.3 is 12.1 Å². The minimum Gasteiger partial charge on any atom is -0.478 e. The second-order valence-corrected chi connectivity index (χ2v) is 9.71. The number of ether oxygens (including phenoxy) is 1. The third-order valence-corrected chi connectivity index (χ3v) is 7.91. The fourth-order valence-electron chi connectivity index (χ4n) is 6.51. The summed E-state index contributed by atoms with van der Waals surface area (Å²) in [6.45, 7) is 3.67. The van der Waals surface area contributed by atoms with Gasteiger partial charge in [0.15, 0.2) is 0 Å². The number of hydrogen-bond donors (Lipinski definition) is 1. The van der Waals surface area contributed by atoms with E-state index >= 15 is 0 Å². The van der Waals surface area contributed by atoms with E-state index in [0.717, 1.165) is 30.9 Å². The fourth-order valence-corrected chi connectivity index (χ4v) is 6.51. The maximum absolute atomic E-state index is 12.9. The van der Waals surface area contributed by atoms with Gasteiger partial charge < -0.3 is 14.7 Å². The number of piperidine rings is 1. The molecule has 28 heavy (non-hydrogen) atoms. The van der Waals surface area contributed by atoms with Crippen LogP contribution in [-0.2, 0) is 4.74 Å². The van der Waals surface area contributed by atoms with E-state index in [0.29, 0.717) is 29.4 Å². The third-order valence-electron chi connectivity index (χ3n) is 7.91. The molecule has 1 heterocycles. The highest BCUT2D eigenvalue weighted by molar-refractivity contribution is 5.87. The predicted octanol–water partition coefficient (Wildman–Crippen LogP) is 4.53. The highest BCUT2D eigenvalue weighted by Crippen LogP contribution is 2.72. The largest absolute Gasteiger partial charge is 0.478 e. The zero-order valence-corrected chi connectivity index (χ0v) is 16.5. The molecule has 2 bridgehead atoms. The summed E-state index contributed by atoms with van der Waals surface area (Å²) >= 11 is 0. The zero-order chi connectivity index (χ0) is 19.5. The van der Waals surface area contributed by atoms with Crippen LogP contribution in [0.4, 0.5) is 4.79 Å². The van der Waals surface area contributed by atoms with E-state index in [1.54, 1.807) is 12.1 Å². The minimum atomic E-state index is -0.909. The molecule has 3 aliphatic carbocycles. The number of benzene rings is 1. The van der Waals surface area contributed by atoms with Gasteiger partial charge in [-0.1, -0.05) is 19.1 Å². The second-order valence-electron chi connectivity index (χ2n) is 9.71. The van der Waals surface area contributed by atoms with Crippen LogP contribution in [0.25, 0.3) is 0 Å². The van der Waals surface area contributed by atoms with E-state index in [1.807, 2.05) is 17.0 Å². The van der Waals surface area contributed by atoms with Crippen LogP contribution < -0.4 is 0 Å². The molecule has 5 rings (SSSR count). The number of likely N-dealkylation sites (tertiary alicyclic amines) is 1. The number of rotatable bonds is 3. The Labute approximate surface area is 166 Å². The Kier molecular flexibility index (Phi) is 4.18. The van der Waals surface area contributed by atoms with E-state index in [1.165, 1.54) is 25.7 Å². The van der Waals surface area contributed by atoms with Crippen molar-refractivity contribution in [2.24, 2.45) is 23.2 Å². The van der Waals surface area contributed by atoms with Crippen LogP contribution in [0.1, 0.15) is 67.3 Å². The Morgan fingerprint density at radius 3 is 2.71 bits per heavy atom. The number of carbonyl (C=O) groups is 2. The van der Waals surface area contributed by atoms with Crippen LogP contribution in [0.2, 0.25) is 0 Å². The molecule has 1 N–H and O–H groups in total. The topological polar surface area (TPSA) is 66.8 Å². The van der Waals surface area contributed by atoms with Crippen LogP contribution in [0, 0.1) is 23.2 Å². The quantitative estimate of drug-likeness (QED) is 0.833. The predicted molar refractivity (Wildman–Crippen MR) is 104 cm³/mol. The van der Waals surface area contributed by atoms with Crippen molar-refractivity contribution in [2.75, 3.05) is 13.1 Å². The molecule has 0 radical (unpaired) electrons. The molecular formula is C23H29NO4. The highest BCUT2D eigenvalue weighted by Gasteiger charge is 2.65. The first-order valence-corrected chi connectivity index (χ1v) is 10.7. The van der Waals surface area contributed by atoms with Gasteiger partial charge in [0.25, 0.3) is 0 Å². The number of fused-ring (bicyclic) bond motifs is 1. The molecule has 1 aromatic rings. The van der Waals surface area contributed by atoms with Crippen molar-refractivity contribution >= 4 is 12.1 Å². The molecule has 6 unspecified atom stereocenters. The van der Waals surface area contributed by atoms with E-state index < -0.39 is 5.97 Å². The summed E-state index contributed by atoms with van der Waals surface area (Å²) < 4.78 is 6.08.